The Balaban J connectivity index is 2.49. The molecular weight excluding hydrogens is 318 g/mol. The molecule has 1 aromatic rings. The van der Waals surface area contributed by atoms with Gasteiger partial charge in [-0.3, -0.25) is 4.79 Å². The minimum absolute atomic E-state index is 0.0156. The first kappa shape index (κ1) is 17.0. The maximum absolute atomic E-state index is 12.8. The standard InChI is InChI=1S/C16H17NO5S/c1-11(18)17-14-9-8-12(16(19)22-2)10-15(14)23(20,21)13-6-4-3-5-7-13/h3-8H,9-10H2,1-2H3,(H,17,18). The lowest BCUT2D eigenvalue weighted by atomic mass is 10.0. The second-order valence-electron chi connectivity index (χ2n) is 5.00. The third kappa shape index (κ3) is 3.68. The molecular formula is C16H17NO5S. The summed E-state index contributed by atoms with van der Waals surface area (Å²) in [6, 6.07) is 7.90. The number of hydrogen-bond acceptors (Lipinski definition) is 5. The maximum Gasteiger partial charge on any atom is 0.333 e. The van der Waals surface area contributed by atoms with Crippen molar-refractivity contribution in [2.45, 2.75) is 24.7 Å². The number of carbonyl (C=O) groups is 2. The predicted octanol–water partition coefficient (Wildman–Crippen LogP) is 1.70. The highest BCUT2D eigenvalue weighted by Gasteiger charge is 2.30. The molecule has 1 aromatic carbocycles. The monoisotopic (exact) mass is 335 g/mol. The van der Waals surface area contributed by atoms with Gasteiger partial charge in [-0.1, -0.05) is 24.3 Å². The minimum atomic E-state index is -3.82. The summed E-state index contributed by atoms with van der Waals surface area (Å²) in [4.78, 5) is 23.2. The first-order chi connectivity index (χ1) is 10.9. The molecule has 1 amide bonds. The quantitative estimate of drug-likeness (QED) is 0.846. The lowest BCUT2D eigenvalue weighted by Crippen LogP contribution is -2.26. The molecule has 0 aromatic heterocycles. The summed E-state index contributed by atoms with van der Waals surface area (Å²) in [5.74, 6) is -0.941. The van der Waals surface area contributed by atoms with Gasteiger partial charge in [0.05, 0.1) is 16.9 Å². The average molecular weight is 335 g/mol. The molecule has 0 aliphatic heterocycles. The van der Waals surface area contributed by atoms with Crippen LogP contribution in [0, 0.1) is 0 Å². The summed E-state index contributed by atoms with van der Waals surface area (Å²) in [5.41, 5.74) is 0.546. The fourth-order valence-electron chi connectivity index (χ4n) is 2.31. The third-order valence-electron chi connectivity index (χ3n) is 3.39. The van der Waals surface area contributed by atoms with Crippen molar-refractivity contribution in [1.29, 1.82) is 0 Å². The Labute approximate surface area is 134 Å². The van der Waals surface area contributed by atoms with Crippen LogP contribution in [0.2, 0.25) is 0 Å². The fourth-order valence-corrected chi connectivity index (χ4v) is 3.91. The molecule has 0 heterocycles. The SMILES string of the molecule is COC(=O)C1=CCC(NC(C)=O)=C(S(=O)(=O)c2ccccc2)C1. The molecule has 6 nitrogen and oxygen atoms in total. The zero-order valence-corrected chi connectivity index (χ0v) is 13.6. The summed E-state index contributed by atoms with van der Waals surface area (Å²) >= 11 is 0. The Hall–Kier alpha value is -2.41. The Bertz CT molecular complexity index is 791. The van der Waals surface area contributed by atoms with Crippen molar-refractivity contribution in [2.75, 3.05) is 7.11 Å². The number of ether oxygens (including phenoxy) is 1. The molecule has 122 valence electrons. The van der Waals surface area contributed by atoms with Gasteiger partial charge in [0.15, 0.2) is 0 Å². The number of methoxy groups -OCH3 is 1. The predicted molar refractivity (Wildman–Crippen MR) is 83.8 cm³/mol. The van der Waals surface area contributed by atoms with Crippen molar-refractivity contribution in [2.24, 2.45) is 0 Å². The average Bonchev–Trinajstić information content (AvgIpc) is 2.54. The Kier molecular flexibility index (Phi) is 5.00. The number of nitrogens with one attached hydrogen (secondary N) is 1. The van der Waals surface area contributed by atoms with E-state index in [9.17, 15) is 18.0 Å². The van der Waals surface area contributed by atoms with E-state index in [1.165, 1.54) is 26.2 Å². The maximum atomic E-state index is 12.8. The van der Waals surface area contributed by atoms with Gasteiger partial charge in [0.1, 0.15) is 0 Å². The first-order valence-corrected chi connectivity index (χ1v) is 8.41. The zero-order chi connectivity index (χ0) is 17.0. The van der Waals surface area contributed by atoms with E-state index < -0.39 is 15.8 Å². The summed E-state index contributed by atoms with van der Waals surface area (Å²) in [5, 5.41) is 2.55. The number of carbonyl (C=O) groups excluding carboxylic acids is 2. The van der Waals surface area contributed by atoms with Crippen molar-refractivity contribution in [3.63, 3.8) is 0 Å². The van der Waals surface area contributed by atoms with Gasteiger partial charge in [0.25, 0.3) is 0 Å². The third-order valence-corrected chi connectivity index (χ3v) is 5.32. The molecule has 1 aliphatic carbocycles. The molecule has 0 bridgehead atoms. The molecule has 0 saturated heterocycles. The second-order valence-corrected chi connectivity index (χ2v) is 6.97. The van der Waals surface area contributed by atoms with Gasteiger partial charge in [-0.2, -0.15) is 0 Å². The Morgan fingerprint density at radius 2 is 1.83 bits per heavy atom. The number of sulfone groups is 1. The van der Waals surface area contributed by atoms with Gasteiger partial charge in [0.2, 0.25) is 15.7 Å². The molecule has 1 aliphatic rings. The van der Waals surface area contributed by atoms with Gasteiger partial charge in [0, 0.05) is 31.0 Å². The van der Waals surface area contributed by atoms with Crippen LogP contribution >= 0.6 is 0 Å². The van der Waals surface area contributed by atoms with Crippen molar-refractivity contribution in [3.8, 4) is 0 Å². The molecule has 2 rings (SSSR count). The molecule has 0 unspecified atom stereocenters. The largest absolute Gasteiger partial charge is 0.466 e. The van der Waals surface area contributed by atoms with Crippen molar-refractivity contribution in [1.82, 2.24) is 5.32 Å². The molecule has 0 saturated carbocycles. The van der Waals surface area contributed by atoms with Crippen molar-refractivity contribution >= 4 is 21.7 Å². The summed E-state index contributed by atoms with van der Waals surface area (Å²) in [6.07, 6.45) is 1.60. The summed E-state index contributed by atoms with van der Waals surface area (Å²) < 4.78 is 30.4. The van der Waals surface area contributed by atoms with E-state index in [1.54, 1.807) is 24.3 Å². The fraction of sp³-hybridized carbons (Fsp3) is 0.250. The molecule has 0 atom stereocenters. The van der Waals surface area contributed by atoms with Gasteiger partial charge in [-0.05, 0) is 12.1 Å². The number of allylic oxidation sites excluding steroid dienone is 2. The Morgan fingerprint density at radius 3 is 2.39 bits per heavy atom. The lowest BCUT2D eigenvalue weighted by molar-refractivity contribution is -0.136. The van der Waals surface area contributed by atoms with Crippen LogP contribution in [-0.4, -0.2) is 27.4 Å². The first-order valence-electron chi connectivity index (χ1n) is 6.93. The second kappa shape index (κ2) is 6.78. The van der Waals surface area contributed by atoms with E-state index in [0.29, 0.717) is 0 Å². The van der Waals surface area contributed by atoms with Crippen LogP contribution in [0.3, 0.4) is 0 Å². The molecule has 0 radical (unpaired) electrons. The van der Waals surface area contributed by atoms with E-state index in [2.05, 4.69) is 10.1 Å². The normalized spacial score (nSPS) is 15.0. The van der Waals surface area contributed by atoms with Crippen LogP contribution < -0.4 is 5.32 Å². The van der Waals surface area contributed by atoms with Gasteiger partial charge >= 0.3 is 5.97 Å². The van der Waals surface area contributed by atoms with Gasteiger partial charge in [-0.25, -0.2) is 13.2 Å². The molecule has 23 heavy (non-hydrogen) atoms. The van der Waals surface area contributed by atoms with E-state index in [4.69, 9.17) is 0 Å². The smallest absolute Gasteiger partial charge is 0.333 e. The van der Waals surface area contributed by atoms with Crippen LogP contribution in [0.4, 0.5) is 0 Å². The number of hydrogen-bond donors (Lipinski definition) is 1. The van der Waals surface area contributed by atoms with Crippen LogP contribution in [0.5, 0.6) is 0 Å². The van der Waals surface area contributed by atoms with Crippen molar-refractivity contribution < 1.29 is 22.7 Å². The molecule has 1 N–H and O–H groups in total. The van der Waals surface area contributed by atoms with E-state index in [-0.39, 0.29) is 39.8 Å². The topological polar surface area (TPSA) is 89.5 Å². The van der Waals surface area contributed by atoms with Crippen LogP contribution in [0.15, 0.2) is 57.5 Å². The minimum Gasteiger partial charge on any atom is -0.466 e. The van der Waals surface area contributed by atoms with E-state index in [1.807, 2.05) is 0 Å². The number of rotatable bonds is 4. The Morgan fingerprint density at radius 1 is 1.17 bits per heavy atom. The molecule has 0 fully saturated rings. The van der Waals surface area contributed by atoms with E-state index >= 15 is 0 Å². The van der Waals surface area contributed by atoms with Crippen molar-refractivity contribution in [3.05, 3.63) is 52.6 Å². The van der Waals surface area contributed by atoms with Crippen LogP contribution in [0.1, 0.15) is 19.8 Å². The van der Waals surface area contributed by atoms with Crippen LogP contribution in [-0.2, 0) is 24.2 Å². The highest BCUT2D eigenvalue weighted by atomic mass is 32.2. The van der Waals surface area contributed by atoms with E-state index in [0.717, 1.165) is 0 Å². The van der Waals surface area contributed by atoms with Gasteiger partial charge in [-0.15, -0.1) is 0 Å². The summed E-state index contributed by atoms with van der Waals surface area (Å²) in [6.45, 7) is 1.30. The zero-order valence-electron chi connectivity index (χ0n) is 12.8. The number of esters is 1. The highest BCUT2D eigenvalue weighted by molar-refractivity contribution is 7.95. The number of amides is 1. The van der Waals surface area contributed by atoms with Crippen LogP contribution in [0.25, 0.3) is 0 Å². The van der Waals surface area contributed by atoms with Gasteiger partial charge < -0.3 is 10.1 Å². The number of benzene rings is 1. The summed E-state index contributed by atoms with van der Waals surface area (Å²) in [7, 11) is -2.58. The molecule has 0 spiro atoms. The highest BCUT2D eigenvalue weighted by Crippen LogP contribution is 2.32. The lowest BCUT2D eigenvalue weighted by Gasteiger charge is -2.20. The molecule has 7 heteroatoms.